The lowest BCUT2D eigenvalue weighted by molar-refractivity contribution is 0.00715. The SMILES string of the molecule is CC(C)(C)OC(=O)c1cnc(N)c2ccccc12. The minimum atomic E-state index is -0.528. The largest absolute Gasteiger partial charge is 0.456 e. The van der Waals surface area contributed by atoms with E-state index in [2.05, 4.69) is 4.98 Å². The van der Waals surface area contributed by atoms with Crippen LogP contribution in [0.4, 0.5) is 5.82 Å². The molecule has 0 amide bonds. The van der Waals surface area contributed by atoms with Gasteiger partial charge in [-0.2, -0.15) is 0 Å². The number of ether oxygens (including phenoxy) is 1. The quantitative estimate of drug-likeness (QED) is 0.783. The predicted octanol–water partition coefficient (Wildman–Crippen LogP) is 2.77. The lowest BCUT2D eigenvalue weighted by Gasteiger charge is -2.20. The summed E-state index contributed by atoms with van der Waals surface area (Å²) in [4.78, 5) is 16.1. The second-order valence-electron chi connectivity index (χ2n) is 5.10. The van der Waals surface area contributed by atoms with Gasteiger partial charge in [0.25, 0.3) is 0 Å². The van der Waals surface area contributed by atoms with Gasteiger partial charge in [0.05, 0.1) is 5.56 Å². The van der Waals surface area contributed by atoms with Crippen LogP contribution in [0.25, 0.3) is 10.8 Å². The highest BCUT2D eigenvalue weighted by Gasteiger charge is 2.20. The van der Waals surface area contributed by atoms with Gasteiger partial charge in [0.2, 0.25) is 0 Å². The molecule has 0 radical (unpaired) electrons. The molecule has 4 heteroatoms. The van der Waals surface area contributed by atoms with Crippen LogP contribution in [0.1, 0.15) is 31.1 Å². The average molecular weight is 244 g/mol. The molecule has 0 saturated heterocycles. The van der Waals surface area contributed by atoms with Crippen molar-refractivity contribution in [2.45, 2.75) is 26.4 Å². The molecule has 0 aliphatic heterocycles. The molecule has 18 heavy (non-hydrogen) atoms. The maximum Gasteiger partial charge on any atom is 0.340 e. The van der Waals surface area contributed by atoms with Crippen molar-refractivity contribution < 1.29 is 9.53 Å². The predicted molar refractivity (Wildman–Crippen MR) is 71.3 cm³/mol. The van der Waals surface area contributed by atoms with Gasteiger partial charge in [-0.05, 0) is 20.8 Å². The van der Waals surface area contributed by atoms with Crippen LogP contribution in [-0.4, -0.2) is 16.6 Å². The van der Waals surface area contributed by atoms with Crippen molar-refractivity contribution in [1.82, 2.24) is 4.98 Å². The summed E-state index contributed by atoms with van der Waals surface area (Å²) in [7, 11) is 0. The first-order chi connectivity index (χ1) is 8.38. The van der Waals surface area contributed by atoms with Gasteiger partial charge in [-0.3, -0.25) is 0 Å². The second-order valence-corrected chi connectivity index (χ2v) is 5.10. The van der Waals surface area contributed by atoms with Crippen molar-refractivity contribution >= 4 is 22.6 Å². The second kappa shape index (κ2) is 4.29. The summed E-state index contributed by atoms with van der Waals surface area (Å²) in [6, 6.07) is 7.40. The topological polar surface area (TPSA) is 65.2 Å². The highest BCUT2D eigenvalue weighted by Crippen LogP contribution is 2.24. The van der Waals surface area contributed by atoms with Gasteiger partial charge in [0.1, 0.15) is 11.4 Å². The van der Waals surface area contributed by atoms with Crippen molar-refractivity contribution in [3.05, 3.63) is 36.0 Å². The number of nitrogen functional groups attached to an aromatic ring is 1. The van der Waals surface area contributed by atoms with E-state index in [-0.39, 0.29) is 5.97 Å². The Balaban J connectivity index is 2.52. The smallest absolute Gasteiger partial charge is 0.340 e. The fourth-order valence-electron chi connectivity index (χ4n) is 1.71. The summed E-state index contributed by atoms with van der Waals surface area (Å²) in [5.41, 5.74) is 5.70. The Morgan fingerprint density at radius 2 is 1.83 bits per heavy atom. The van der Waals surface area contributed by atoms with E-state index in [9.17, 15) is 4.79 Å². The van der Waals surface area contributed by atoms with E-state index in [1.54, 1.807) is 0 Å². The van der Waals surface area contributed by atoms with Crippen LogP contribution in [0.2, 0.25) is 0 Å². The first kappa shape index (κ1) is 12.4. The molecule has 1 heterocycles. The molecule has 2 N–H and O–H groups in total. The first-order valence-electron chi connectivity index (χ1n) is 5.75. The molecule has 4 nitrogen and oxygen atoms in total. The van der Waals surface area contributed by atoms with Crippen LogP contribution in [0.5, 0.6) is 0 Å². The van der Waals surface area contributed by atoms with Crippen LogP contribution in [0.3, 0.4) is 0 Å². The maximum atomic E-state index is 12.1. The number of hydrogen-bond donors (Lipinski definition) is 1. The number of anilines is 1. The Kier molecular flexibility index (Phi) is 2.95. The molecule has 0 fully saturated rings. The third-order valence-corrected chi connectivity index (χ3v) is 2.44. The summed E-state index contributed by atoms with van der Waals surface area (Å²) in [6.45, 7) is 5.49. The number of esters is 1. The van der Waals surface area contributed by atoms with Crippen molar-refractivity contribution in [1.29, 1.82) is 0 Å². The number of rotatable bonds is 1. The van der Waals surface area contributed by atoms with Crippen LogP contribution in [0, 0.1) is 0 Å². The van der Waals surface area contributed by atoms with E-state index in [0.717, 1.165) is 10.8 Å². The molecule has 2 aromatic rings. The zero-order valence-electron chi connectivity index (χ0n) is 10.7. The third-order valence-electron chi connectivity index (χ3n) is 2.44. The number of aromatic nitrogens is 1. The van der Waals surface area contributed by atoms with Crippen molar-refractivity contribution in [2.75, 3.05) is 5.73 Å². The van der Waals surface area contributed by atoms with Gasteiger partial charge in [-0.25, -0.2) is 9.78 Å². The monoisotopic (exact) mass is 244 g/mol. The number of nitrogens with zero attached hydrogens (tertiary/aromatic N) is 1. The first-order valence-corrected chi connectivity index (χ1v) is 5.75. The summed E-state index contributed by atoms with van der Waals surface area (Å²) >= 11 is 0. The summed E-state index contributed by atoms with van der Waals surface area (Å²) in [5.74, 6) is 0.0316. The Hall–Kier alpha value is -2.10. The molecule has 0 saturated carbocycles. The molecule has 1 aromatic carbocycles. The Morgan fingerprint density at radius 3 is 2.44 bits per heavy atom. The van der Waals surface area contributed by atoms with E-state index in [4.69, 9.17) is 10.5 Å². The Bertz CT molecular complexity index is 600. The van der Waals surface area contributed by atoms with Gasteiger partial charge in [-0.1, -0.05) is 24.3 Å². The van der Waals surface area contributed by atoms with Crippen LogP contribution in [-0.2, 0) is 4.74 Å². The van der Waals surface area contributed by atoms with E-state index in [0.29, 0.717) is 11.4 Å². The average Bonchev–Trinajstić information content (AvgIpc) is 2.27. The van der Waals surface area contributed by atoms with Crippen LogP contribution in [0.15, 0.2) is 30.5 Å². The maximum absolute atomic E-state index is 12.1. The number of benzene rings is 1. The number of fused-ring (bicyclic) bond motifs is 1. The number of carbonyl (C=O) groups excluding carboxylic acids is 1. The lowest BCUT2D eigenvalue weighted by Crippen LogP contribution is -2.24. The Labute approximate surface area is 106 Å². The zero-order chi connectivity index (χ0) is 13.3. The molecule has 0 bridgehead atoms. The molecular formula is C14H16N2O2. The van der Waals surface area contributed by atoms with Crippen LogP contribution >= 0.6 is 0 Å². The van der Waals surface area contributed by atoms with E-state index < -0.39 is 5.60 Å². The molecule has 2 rings (SSSR count). The standard InChI is InChI=1S/C14H16N2O2/c1-14(2,3)18-13(17)11-8-16-12(15)10-7-5-4-6-9(10)11/h4-8H,1-3H3,(H2,15,16). The number of hydrogen-bond acceptors (Lipinski definition) is 4. The molecule has 94 valence electrons. The third kappa shape index (κ3) is 2.42. The normalized spacial score (nSPS) is 11.5. The van der Waals surface area contributed by atoms with Gasteiger partial charge >= 0.3 is 5.97 Å². The minimum Gasteiger partial charge on any atom is -0.456 e. The van der Waals surface area contributed by atoms with E-state index in [1.807, 2.05) is 45.0 Å². The van der Waals surface area contributed by atoms with Gasteiger partial charge in [-0.15, -0.1) is 0 Å². The van der Waals surface area contributed by atoms with Gasteiger partial charge in [0, 0.05) is 17.0 Å². The summed E-state index contributed by atoms with van der Waals surface area (Å²) < 4.78 is 5.35. The molecule has 0 atom stereocenters. The molecular weight excluding hydrogens is 228 g/mol. The summed E-state index contributed by atoms with van der Waals surface area (Å²) in [5, 5.41) is 1.53. The van der Waals surface area contributed by atoms with Crippen molar-refractivity contribution in [3.63, 3.8) is 0 Å². The number of pyridine rings is 1. The van der Waals surface area contributed by atoms with Crippen LogP contribution < -0.4 is 5.73 Å². The molecule has 0 spiro atoms. The molecule has 0 aliphatic rings. The minimum absolute atomic E-state index is 0.383. The van der Waals surface area contributed by atoms with E-state index >= 15 is 0 Å². The fourth-order valence-corrected chi connectivity index (χ4v) is 1.71. The lowest BCUT2D eigenvalue weighted by atomic mass is 10.1. The summed E-state index contributed by atoms with van der Waals surface area (Å²) in [6.07, 6.45) is 1.46. The van der Waals surface area contributed by atoms with Crippen molar-refractivity contribution in [3.8, 4) is 0 Å². The van der Waals surface area contributed by atoms with Gasteiger partial charge < -0.3 is 10.5 Å². The number of nitrogens with two attached hydrogens (primary N) is 1. The number of carbonyl (C=O) groups is 1. The Morgan fingerprint density at radius 1 is 1.22 bits per heavy atom. The zero-order valence-corrected chi connectivity index (χ0v) is 10.7. The molecule has 0 aliphatic carbocycles. The fraction of sp³-hybridized carbons (Fsp3) is 0.286. The van der Waals surface area contributed by atoms with E-state index in [1.165, 1.54) is 6.20 Å². The molecule has 1 aromatic heterocycles. The van der Waals surface area contributed by atoms with Gasteiger partial charge in [0.15, 0.2) is 0 Å². The highest BCUT2D eigenvalue weighted by molar-refractivity contribution is 6.06. The highest BCUT2D eigenvalue weighted by atomic mass is 16.6. The van der Waals surface area contributed by atoms with Crippen molar-refractivity contribution in [2.24, 2.45) is 0 Å². The molecule has 0 unspecified atom stereocenters.